The van der Waals surface area contributed by atoms with Gasteiger partial charge >= 0.3 is 5.97 Å². The second-order valence-electron chi connectivity index (χ2n) is 4.41. The normalized spacial score (nSPS) is 10.2. The molecule has 1 amide bonds. The van der Waals surface area contributed by atoms with Crippen LogP contribution >= 0.6 is 0 Å². The van der Waals surface area contributed by atoms with E-state index in [1.165, 1.54) is 19.2 Å². The van der Waals surface area contributed by atoms with Crippen molar-refractivity contribution in [3.63, 3.8) is 0 Å². The predicted molar refractivity (Wildman–Crippen MR) is 73.1 cm³/mol. The van der Waals surface area contributed by atoms with Crippen LogP contribution in [0.1, 0.15) is 24.2 Å². The number of benzene rings is 1. The fourth-order valence-corrected chi connectivity index (χ4v) is 1.54. The molecule has 7 heteroatoms. The largest absolute Gasteiger partial charge is 0.493 e. The molecule has 4 N–H and O–H groups in total. The zero-order chi connectivity index (χ0) is 15.3. The third-order valence-corrected chi connectivity index (χ3v) is 2.37. The highest BCUT2D eigenvalue weighted by Gasteiger charge is 2.15. The summed E-state index contributed by atoms with van der Waals surface area (Å²) in [5.74, 6) is -1.07. The van der Waals surface area contributed by atoms with E-state index in [0.29, 0.717) is 0 Å². The number of carbonyl (C=O) groups excluding carboxylic acids is 1. The number of ether oxygens (including phenoxy) is 2. The second-order valence-corrected chi connectivity index (χ2v) is 4.41. The van der Waals surface area contributed by atoms with E-state index in [9.17, 15) is 9.59 Å². The maximum absolute atomic E-state index is 11.5. The first kappa shape index (κ1) is 15.6. The lowest BCUT2D eigenvalue weighted by atomic mass is 10.1. The van der Waals surface area contributed by atoms with Crippen LogP contribution in [0.4, 0.5) is 5.69 Å². The summed E-state index contributed by atoms with van der Waals surface area (Å²) in [4.78, 5) is 22.5. The minimum absolute atomic E-state index is 0.00556. The van der Waals surface area contributed by atoms with Crippen LogP contribution in [0.2, 0.25) is 0 Å². The molecule has 0 fully saturated rings. The maximum Gasteiger partial charge on any atom is 0.337 e. The van der Waals surface area contributed by atoms with E-state index < -0.39 is 5.97 Å². The first-order chi connectivity index (χ1) is 9.35. The van der Waals surface area contributed by atoms with E-state index >= 15 is 0 Å². The molecule has 0 saturated carbocycles. The van der Waals surface area contributed by atoms with Crippen molar-refractivity contribution in [1.82, 2.24) is 5.32 Å². The summed E-state index contributed by atoms with van der Waals surface area (Å²) in [6, 6.07) is 2.58. The van der Waals surface area contributed by atoms with Gasteiger partial charge in [0.1, 0.15) is 0 Å². The molecule has 20 heavy (non-hydrogen) atoms. The van der Waals surface area contributed by atoms with Crippen molar-refractivity contribution in [3.05, 3.63) is 17.7 Å². The zero-order valence-electron chi connectivity index (χ0n) is 11.6. The maximum atomic E-state index is 11.5. The Hall–Kier alpha value is -2.44. The molecule has 110 valence electrons. The summed E-state index contributed by atoms with van der Waals surface area (Å²) in [7, 11) is 1.40. The second kappa shape index (κ2) is 6.65. The highest BCUT2D eigenvalue weighted by molar-refractivity contribution is 5.94. The molecule has 1 aromatic carbocycles. The predicted octanol–water partition coefficient (Wildman–Crippen LogP) is 0.879. The van der Waals surface area contributed by atoms with E-state index in [2.05, 4.69) is 5.32 Å². The van der Waals surface area contributed by atoms with Crippen molar-refractivity contribution in [2.75, 3.05) is 19.5 Å². The molecule has 7 nitrogen and oxygen atoms in total. The SMILES string of the molecule is COc1cc(N)c(C(=O)O)cc1OCC(=O)NC(C)C. The van der Waals surface area contributed by atoms with Gasteiger partial charge in [-0.1, -0.05) is 0 Å². The van der Waals surface area contributed by atoms with Crippen molar-refractivity contribution in [2.24, 2.45) is 0 Å². The van der Waals surface area contributed by atoms with Crippen LogP contribution in [0.5, 0.6) is 11.5 Å². The molecule has 0 atom stereocenters. The first-order valence-corrected chi connectivity index (χ1v) is 5.98. The molecule has 0 aromatic heterocycles. The minimum atomic E-state index is -1.18. The third-order valence-electron chi connectivity index (χ3n) is 2.37. The number of hydrogen-bond donors (Lipinski definition) is 3. The number of nitrogens with one attached hydrogen (secondary N) is 1. The van der Waals surface area contributed by atoms with Gasteiger partial charge in [-0.05, 0) is 13.8 Å². The highest BCUT2D eigenvalue weighted by atomic mass is 16.5. The van der Waals surface area contributed by atoms with Crippen molar-refractivity contribution >= 4 is 17.6 Å². The summed E-state index contributed by atoms with van der Waals surface area (Å²) in [5.41, 5.74) is 5.55. The van der Waals surface area contributed by atoms with Crippen molar-refractivity contribution in [2.45, 2.75) is 19.9 Å². The van der Waals surface area contributed by atoms with Gasteiger partial charge in [0.05, 0.1) is 18.4 Å². The van der Waals surface area contributed by atoms with Crippen molar-refractivity contribution in [1.29, 1.82) is 0 Å². The number of amides is 1. The number of carboxylic acids is 1. The highest BCUT2D eigenvalue weighted by Crippen LogP contribution is 2.32. The molecule has 0 spiro atoms. The van der Waals surface area contributed by atoms with E-state index in [-0.39, 0.29) is 41.3 Å². The monoisotopic (exact) mass is 282 g/mol. The zero-order valence-corrected chi connectivity index (χ0v) is 11.6. The molecular weight excluding hydrogens is 264 g/mol. The number of carboxylic acid groups (broad SMARTS) is 1. The van der Waals surface area contributed by atoms with Crippen LogP contribution in [-0.4, -0.2) is 36.7 Å². The number of nitrogen functional groups attached to an aromatic ring is 1. The van der Waals surface area contributed by atoms with Crippen LogP contribution in [0.25, 0.3) is 0 Å². The van der Waals surface area contributed by atoms with Gasteiger partial charge in [-0.3, -0.25) is 4.79 Å². The molecule has 0 aliphatic rings. The third kappa shape index (κ3) is 4.04. The van der Waals surface area contributed by atoms with Gasteiger partial charge in [-0.15, -0.1) is 0 Å². The summed E-state index contributed by atoms with van der Waals surface area (Å²) < 4.78 is 10.3. The molecule has 0 bridgehead atoms. The topological polar surface area (TPSA) is 111 Å². The number of methoxy groups -OCH3 is 1. The van der Waals surface area contributed by atoms with Crippen LogP contribution in [0.3, 0.4) is 0 Å². The lowest BCUT2D eigenvalue weighted by Gasteiger charge is -2.13. The van der Waals surface area contributed by atoms with Crippen molar-refractivity contribution < 1.29 is 24.2 Å². The molecule has 0 aliphatic heterocycles. The summed E-state index contributed by atoms with van der Waals surface area (Å²) in [5, 5.41) is 11.6. The Bertz CT molecular complexity index is 514. The number of aromatic carboxylic acids is 1. The van der Waals surface area contributed by atoms with Crippen LogP contribution in [0, 0.1) is 0 Å². The average molecular weight is 282 g/mol. The number of rotatable bonds is 6. The molecule has 0 aliphatic carbocycles. The van der Waals surface area contributed by atoms with Gasteiger partial charge in [0, 0.05) is 18.2 Å². The number of nitrogens with two attached hydrogens (primary N) is 1. The van der Waals surface area contributed by atoms with Crippen LogP contribution in [0.15, 0.2) is 12.1 Å². The Balaban J connectivity index is 2.90. The van der Waals surface area contributed by atoms with Gasteiger partial charge in [0.2, 0.25) is 0 Å². The molecule has 1 rings (SSSR count). The fraction of sp³-hybridized carbons (Fsp3) is 0.385. The molecule has 0 saturated heterocycles. The smallest absolute Gasteiger partial charge is 0.337 e. The van der Waals surface area contributed by atoms with Gasteiger partial charge in [-0.25, -0.2) is 4.79 Å². The molecule has 0 radical (unpaired) electrons. The van der Waals surface area contributed by atoms with Crippen LogP contribution in [-0.2, 0) is 4.79 Å². The van der Waals surface area contributed by atoms with E-state index in [1.807, 2.05) is 13.8 Å². The van der Waals surface area contributed by atoms with Crippen LogP contribution < -0.4 is 20.5 Å². The van der Waals surface area contributed by atoms with E-state index in [1.54, 1.807) is 0 Å². The molecular formula is C13H18N2O5. The number of anilines is 1. The summed E-state index contributed by atoms with van der Waals surface area (Å²) >= 11 is 0. The number of hydrogen-bond acceptors (Lipinski definition) is 5. The standard InChI is InChI=1S/C13H18N2O5/c1-7(2)15-12(16)6-20-11-4-8(13(17)18)9(14)5-10(11)19-3/h4-5,7H,6,14H2,1-3H3,(H,15,16)(H,17,18). The minimum Gasteiger partial charge on any atom is -0.493 e. The lowest BCUT2D eigenvalue weighted by Crippen LogP contribution is -2.34. The Kier molecular flexibility index (Phi) is 5.19. The summed E-state index contributed by atoms with van der Waals surface area (Å²) in [6.07, 6.45) is 0. The Morgan fingerprint density at radius 2 is 2.00 bits per heavy atom. The molecule has 0 unspecified atom stereocenters. The molecule has 0 heterocycles. The van der Waals surface area contributed by atoms with Gasteiger partial charge in [0.15, 0.2) is 18.1 Å². The van der Waals surface area contributed by atoms with E-state index in [0.717, 1.165) is 0 Å². The van der Waals surface area contributed by atoms with Gasteiger partial charge in [-0.2, -0.15) is 0 Å². The van der Waals surface area contributed by atoms with Gasteiger partial charge < -0.3 is 25.6 Å². The quantitative estimate of drug-likeness (QED) is 0.668. The lowest BCUT2D eigenvalue weighted by molar-refractivity contribution is -0.123. The van der Waals surface area contributed by atoms with Gasteiger partial charge in [0.25, 0.3) is 5.91 Å². The first-order valence-electron chi connectivity index (χ1n) is 5.98. The van der Waals surface area contributed by atoms with E-state index in [4.69, 9.17) is 20.3 Å². The average Bonchev–Trinajstić information content (AvgIpc) is 2.35. The molecule has 1 aromatic rings. The fourth-order valence-electron chi connectivity index (χ4n) is 1.54. The Morgan fingerprint density at radius 1 is 1.35 bits per heavy atom. The Labute approximate surface area is 116 Å². The summed E-state index contributed by atoms with van der Waals surface area (Å²) in [6.45, 7) is 3.41. The Morgan fingerprint density at radius 3 is 2.50 bits per heavy atom. The number of carbonyl (C=O) groups is 2. The van der Waals surface area contributed by atoms with Crippen molar-refractivity contribution in [3.8, 4) is 11.5 Å².